The molecule has 0 aliphatic carbocycles. The summed E-state index contributed by atoms with van der Waals surface area (Å²) in [5, 5.41) is 0. The van der Waals surface area contributed by atoms with Gasteiger partial charge in [0.1, 0.15) is 0 Å². The molecule has 0 N–H and O–H groups in total. The van der Waals surface area contributed by atoms with Crippen LogP contribution >= 0.6 is 0 Å². The second-order valence-corrected chi connectivity index (χ2v) is 3.91. The summed E-state index contributed by atoms with van der Waals surface area (Å²) in [6.07, 6.45) is 1.60. The van der Waals surface area contributed by atoms with Gasteiger partial charge in [0.15, 0.2) is 0 Å². The normalized spacial score (nSPS) is 43.9. The first-order valence-electron chi connectivity index (χ1n) is 4.27. The van der Waals surface area contributed by atoms with E-state index in [2.05, 4.69) is 34.6 Å². The summed E-state index contributed by atoms with van der Waals surface area (Å²) in [4.78, 5) is 0. The van der Waals surface area contributed by atoms with Gasteiger partial charge in [-0.25, -0.2) is 0 Å². The van der Waals surface area contributed by atoms with E-state index in [1.54, 1.807) is 0 Å². The van der Waals surface area contributed by atoms with Crippen molar-refractivity contribution in [2.45, 2.75) is 58.5 Å². The van der Waals surface area contributed by atoms with Gasteiger partial charge in [0, 0.05) is 0 Å². The maximum atomic E-state index is 5.10. The number of epoxide rings is 2. The van der Waals surface area contributed by atoms with Crippen molar-refractivity contribution in [1.29, 1.82) is 0 Å². The minimum Gasteiger partial charge on any atom is -0.370 e. The Balaban J connectivity index is 0.000000112. The molecule has 2 nitrogen and oxygen atoms in total. The van der Waals surface area contributed by atoms with Crippen LogP contribution in [0.25, 0.3) is 0 Å². The van der Waals surface area contributed by atoms with Gasteiger partial charge in [0.25, 0.3) is 0 Å². The van der Waals surface area contributed by atoms with Gasteiger partial charge in [-0.3, -0.25) is 0 Å². The fraction of sp³-hybridized carbons (Fsp3) is 1.00. The van der Waals surface area contributed by atoms with Gasteiger partial charge in [0.05, 0.1) is 23.9 Å². The van der Waals surface area contributed by atoms with Crippen LogP contribution in [0.3, 0.4) is 0 Å². The molecule has 0 spiro atoms. The minimum absolute atomic E-state index is 0.208. The van der Waals surface area contributed by atoms with Crippen LogP contribution in [0.15, 0.2) is 0 Å². The average molecular weight is 158 g/mol. The molecular formula is C9H18O2. The molecule has 2 heteroatoms. The van der Waals surface area contributed by atoms with Crippen LogP contribution in [0.2, 0.25) is 0 Å². The molecule has 66 valence electrons. The van der Waals surface area contributed by atoms with Crippen molar-refractivity contribution in [3.63, 3.8) is 0 Å². The summed E-state index contributed by atoms with van der Waals surface area (Å²) >= 11 is 0. The molecule has 2 heterocycles. The van der Waals surface area contributed by atoms with Crippen LogP contribution in [0.1, 0.15) is 34.6 Å². The third-order valence-electron chi connectivity index (χ3n) is 2.42. The van der Waals surface area contributed by atoms with Crippen molar-refractivity contribution in [1.82, 2.24) is 0 Å². The maximum absolute atomic E-state index is 5.10. The molecule has 2 rings (SSSR count). The molecular weight excluding hydrogens is 140 g/mol. The van der Waals surface area contributed by atoms with E-state index < -0.39 is 0 Å². The molecule has 0 amide bonds. The molecule has 3 unspecified atom stereocenters. The Kier molecular flexibility index (Phi) is 2.26. The Labute approximate surface area is 68.9 Å². The highest BCUT2D eigenvalue weighted by Crippen LogP contribution is 2.33. The lowest BCUT2D eigenvalue weighted by atomic mass is 10.2. The van der Waals surface area contributed by atoms with E-state index in [-0.39, 0.29) is 5.60 Å². The summed E-state index contributed by atoms with van der Waals surface area (Å²) in [5.41, 5.74) is 0.208. The summed E-state index contributed by atoms with van der Waals surface area (Å²) in [5.74, 6) is 0. The van der Waals surface area contributed by atoms with Gasteiger partial charge in [-0.05, 0) is 34.6 Å². The molecule has 11 heavy (non-hydrogen) atoms. The maximum Gasteiger partial charge on any atom is 0.0889 e. The summed E-state index contributed by atoms with van der Waals surface area (Å²) in [6.45, 7) is 10.4. The molecule has 0 radical (unpaired) electrons. The van der Waals surface area contributed by atoms with Gasteiger partial charge >= 0.3 is 0 Å². The highest BCUT2D eigenvalue weighted by molar-refractivity contribution is 4.90. The fourth-order valence-electron chi connectivity index (χ4n) is 0.715. The lowest BCUT2D eigenvalue weighted by Gasteiger charge is -1.84. The Bertz CT molecular complexity index is 136. The average Bonchev–Trinajstić information content (AvgIpc) is 2.58. The van der Waals surface area contributed by atoms with E-state index in [4.69, 9.17) is 9.47 Å². The Morgan fingerprint density at radius 3 is 1.18 bits per heavy atom. The van der Waals surface area contributed by atoms with Gasteiger partial charge in [-0.2, -0.15) is 0 Å². The molecule has 0 bridgehead atoms. The third kappa shape index (κ3) is 2.80. The molecule has 2 aliphatic rings. The predicted molar refractivity (Wildman–Crippen MR) is 44.6 cm³/mol. The van der Waals surface area contributed by atoms with Gasteiger partial charge in [0.2, 0.25) is 0 Å². The first-order valence-corrected chi connectivity index (χ1v) is 4.27. The van der Waals surface area contributed by atoms with E-state index in [1.165, 1.54) is 0 Å². The van der Waals surface area contributed by atoms with E-state index in [1.807, 2.05) is 0 Å². The predicted octanol–water partition coefficient (Wildman–Crippen LogP) is 1.98. The Morgan fingerprint density at radius 2 is 1.18 bits per heavy atom. The van der Waals surface area contributed by atoms with Gasteiger partial charge in [-0.1, -0.05) is 0 Å². The molecule has 0 aromatic rings. The lowest BCUT2D eigenvalue weighted by molar-refractivity contribution is 0.328. The second kappa shape index (κ2) is 2.76. The van der Waals surface area contributed by atoms with Crippen LogP contribution in [0.4, 0.5) is 0 Å². The van der Waals surface area contributed by atoms with E-state index in [0.717, 1.165) is 0 Å². The SMILES string of the molecule is CC1OC1(C)C.CC1OC1C. The van der Waals surface area contributed by atoms with Crippen LogP contribution in [0.5, 0.6) is 0 Å². The molecule has 3 atom stereocenters. The summed E-state index contributed by atoms with van der Waals surface area (Å²) in [6, 6.07) is 0. The zero-order valence-electron chi connectivity index (χ0n) is 8.05. The number of rotatable bonds is 0. The molecule has 0 aromatic carbocycles. The van der Waals surface area contributed by atoms with E-state index in [0.29, 0.717) is 18.3 Å². The van der Waals surface area contributed by atoms with E-state index >= 15 is 0 Å². The zero-order chi connectivity index (χ0) is 8.65. The summed E-state index contributed by atoms with van der Waals surface area (Å²) < 4.78 is 10.0. The number of hydrogen-bond donors (Lipinski definition) is 0. The topological polar surface area (TPSA) is 25.1 Å². The standard InChI is InChI=1S/C5H10O.C4H8O/c1-4-5(2,3)6-4;1-3-4(2)5-3/h4H,1-3H3;3-4H,1-2H3. The smallest absolute Gasteiger partial charge is 0.0889 e. The fourth-order valence-corrected chi connectivity index (χ4v) is 0.715. The summed E-state index contributed by atoms with van der Waals surface area (Å²) in [7, 11) is 0. The van der Waals surface area contributed by atoms with Crippen molar-refractivity contribution < 1.29 is 9.47 Å². The van der Waals surface area contributed by atoms with E-state index in [9.17, 15) is 0 Å². The number of ether oxygens (including phenoxy) is 2. The molecule has 0 saturated carbocycles. The Hall–Kier alpha value is -0.0800. The zero-order valence-corrected chi connectivity index (χ0v) is 8.05. The highest BCUT2D eigenvalue weighted by atomic mass is 16.6. The monoisotopic (exact) mass is 158 g/mol. The van der Waals surface area contributed by atoms with Crippen LogP contribution in [0, 0.1) is 0 Å². The quantitative estimate of drug-likeness (QED) is 0.504. The van der Waals surface area contributed by atoms with Crippen molar-refractivity contribution in [2.24, 2.45) is 0 Å². The van der Waals surface area contributed by atoms with Gasteiger partial charge < -0.3 is 9.47 Å². The van der Waals surface area contributed by atoms with Crippen molar-refractivity contribution in [2.75, 3.05) is 0 Å². The first kappa shape index (κ1) is 9.01. The Morgan fingerprint density at radius 1 is 1.00 bits per heavy atom. The van der Waals surface area contributed by atoms with Crippen LogP contribution in [-0.4, -0.2) is 23.9 Å². The third-order valence-corrected chi connectivity index (χ3v) is 2.42. The van der Waals surface area contributed by atoms with Gasteiger partial charge in [-0.15, -0.1) is 0 Å². The molecule has 2 saturated heterocycles. The minimum atomic E-state index is 0.208. The van der Waals surface area contributed by atoms with Crippen molar-refractivity contribution in [3.8, 4) is 0 Å². The largest absolute Gasteiger partial charge is 0.370 e. The van der Waals surface area contributed by atoms with Crippen LogP contribution < -0.4 is 0 Å². The molecule has 0 aromatic heterocycles. The first-order chi connectivity index (χ1) is 4.93. The second-order valence-electron chi connectivity index (χ2n) is 3.91. The number of hydrogen-bond acceptors (Lipinski definition) is 2. The molecule has 2 aliphatic heterocycles. The molecule has 2 fully saturated rings. The van der Waals surface area contributed by atoms with Crippen molar-refractivity contribution >= 4 is 0 Å². The lowest BCUT2D eigenvalue weighted by Crippen LogP contribution is -1.97. The van der Waals surface area contributed by atoms with Crippen molar-refractivity contribution in [3.05, 3.63) is 0 Å². The highest BCUT2D eigenvalue weighted by Gasteiger charge is 2.43. The van der Waals surface area contributed by atoms with Crippen LogP contribution in [-0.2, 0) is 9.47 Å².